The van der Waals surface area contributed by atoms with Crippen LogP contribution < -0.4 is 0 Å². The summed E-state index contributed by atoms with van der Waals surface area (Å²) >= 11 is 0. The van der Waals surface area contributed by atoms with E-state index in [0.717, 1.165) is 6.42 Å². The first-order valence-electron chi connectivity index (χ1n) is 10.2. The largest absolute Gasteiger partial charge is 0.341 e. The SMILES string of the molecule is CN1CCC(N(C)[C@@H]2CCCC[C@@H]2N(C)C(=O)CC2CCC2)CC1. The van der Waals surface area contributed by atoms with Crippen molar-refractivity contribution in [3.05, 3.63) is 0 Å². The molecule has 1 amide bonds. The van der Waals surface area contributed by atoms with E-state index >= 15 is 0 Å². The zero-order valence-electron chi connectivity index (χ0n) is 16.0. The minimum absolute atomic E-state index is 0.397. The van der Waals surface area contributed by atoms with Gasteiger partial charge in [-0.2, -0.15) is 0 Å². The molecule has 3 aliphatic rings. The lowest BCUT2D eigenvalue weighted by molar-refractivity contribution is -0.136. The Bertz CT molecular complexity index is 415. The van der Waals surface area contributed by atoms with Crippen LogP contribution in [0.5, 0.6) is 0 Å². The fourth-order valence-electron chi connectivity index (χ4n) is 4.96. The summed E-state index contributed by atoms with van der Waals surface area (Å²) in [6.45, 7) is 2.42. The lowest BCUT2D eigenvalue weighted by Gasteiger charge is -2.47. The second-order valence-corrected chi connectivity index (χ2v) is 8.62. The Kier molecular flexibility index (Phi) is 6.20. The third-order valence-electron chi connectivity index (χ3n) is 7.06. The number of carbonyl (C=O) groups is 1. The number of likely N-dealkylation sites (tertiary alicyclic amines) is 1. The number of amides is 1. The number of carbonyl (C=O) groups excluding carboxylic acids is 1. The monoisotopic (exact) mass is 335 g/mol. The van der Waals surface area contributed by atoms with Gasteiger partial charge in [0, 0.05) is 31.6 Å². The van der Waals surface area contributed by atoms with Crippen LogP contribution in [0, 0.1) is 5.92 Å². The Morgan fingerprint density at radius 2 is 1.54 bits per heavy atom. The lowest BCUT2D eigenvalue weighted by Crippen LogP contribution is -2.56. The van der Waals surface area contributed by atoms with Crippen LogP contribution in [-0.2, 0) is 4.79 Å². The van der Waals surface area contributed by atoms with Crippen molar-refractivity contribution < 1.29 is 4.79 Å². The number of hydrogen-bond donors (Lipinski definition) is 0. The molecule has 2 atom stereocenters. The molecule has 4 heteroatoms. The predicted octanol–water partition coefficient (Wildman–Crippen LogP) is 2.97. The molecular formula is C20H37N3O. The highest BCUT2D eigenvalue weighted by atomic mass is 16.2. The van der Waals surface area contributed by atoms with Crippen LogP contribution in [0.1, 0.15) is 64.2 Å². The highest BCUT2D eigenvalue weighted by Crippen LogP contribution is 2.33. The molecule has 24 heavy (non-hydrogen) atoms. The second kappa shape index (κ2) is 8.18. The first-order valence-corrected chi connectivity index (χ1v) is 10.2. The van der Waals surface area contributed by atoms with Crippen LogP contribution in [0.2, 0.25) is 0 Å². The highest BCUT2D eigenvalue weighted by Gasteiger charge is 2.37. The van der Waals surface area contributed by atoms with Crippen molar-refractivity contribution in [1.29, 1.82) is 0 Å². The van der Waals surface area contributed by atoms with Crippen molar-refractivity contribution in [3.8, 4) is 0 Å². The average molecular weight is 336 g/mol. The molecule has 138 valence electrons. The summed E-state index contributed by atoms with van der Waals surface area (Å²) in [6, 6.07) is 1.68. The molecule has 1 heterocycles. The van der Waals surface area contributed by atoms with Crippen molar-refractivity contribution in [3.63, 3.8) is 0 Å². The summed E-state index contributed by atoms with van der Waals surface area (Å²) in [6.07, 6.45) is 12.2. The van der Waals surface area contributed by atoms with Gasteiger partial charge in [-0.15, -0.1) is 0 Å². The van der Waals surface area contributed by atoms with E-state index < -0.39 is 0 Å². The van der Waals surface area contributed by atoms with Gasteiger partial charge in [0.1, 0.15) is 0 Å². The van der Waals surface area contributed by atoms with E-state index in [1.807, 2.05) is 0 Å². The van der Waals surface area contributed by atoms with Crippen LogP contribution in [-0.4, -0.2) is 73.0 Å². The van der Waals surface area contributed by atoms with Gasteiger partial charge in [-0.3, -0.25) is 9.69 Å². The normalized spacial score (nSPS) is 30.3. The van der Waals surface area contributed by atoms with Gasteiger partial charge in [0.15, 0.2) is 0 Å². The summed E-state index contributed by atoms with van der Waals surface area (Å²) in [7, 11) is 6.63. The lowest BCUT2D eigenvalue weighted by atomic mass is 9.82. The van der Waals surface area contributed by atoms with Gasteiger partial charge in [0.25, 0.3) is 0 Å². The molecule has 0 bridgehead atoms. The summed E-state index contributed by atoms with van der Waals surface area (Å²) in [4.78, 5) is 20.0. The van der Waals surface area contributed by atoms with Gasteiger partial charge >= 0.3 is 0 Å². The van der Waals surface area contributed by atoms with Crippen LogP contribution in [0.3, 0.4) is 0 Å². The van der Waals surface area contributed by atoms with E-state index in [4.69, 9.17) is 0 Å². The summed E-state index contributed by atoms with van der Waals surface area (Å²) in [5.74, 6) is 1.07. The molecule has 1 saturated heterocycles. The maximum Gasteiger partial charge on any atom is 0.222 e. The molecule has 0 spiro atoms. The van der Waals surface area contributed by atoms with Crippen LogP contribution >= 0.6 is 0 Å². The van der Waals surface area contributed by atoms with Gasteiger partial charge in [-0.05, 0) is 71.6 Å². The average Bonchev–Trinajstić information content (AvgIpc) is 2.57. The van der Waals surface area contributed by atoms with Crippen LogP contribution in [0.4, 0.5) is 0 Å². The van der Waals surface area contributed by atoms with E-state index in [-0.39, 0.29) is 0 Å². The summed E-state index contributed by atoms with van der Waals surface area (Å²) < 4.78 is 0. The first-order chi connectivity index (χ1) is 11.6. The predicted molar refractivity (Wildman–Crippen MR) is 99.1 cm³/mol. The molecule has 0 N–H and O–H groups in total. The fraction of sp³-hybridized carbons (Fsp3) is 0.950. The molecule has 0 unspecified atom stereocenters. The van der Waals surface area contributed by atoms with Crippen molar-refractivity contribution in [2.75, 3.05) is 34.2 Å². The summed E-state index contributed by atoms with van der Waals surface area (Å²) in [5.41, 5.74) is 0. The highest BCUT2D eigenvalue weighted by molar-refractivity contribution is 5.76. The maximum absolute atomic E-state index is 12.7. The minimum Gasteiger partial charge on any atom is -0.341 e. The van der Waals surface area contributed by atoms with Crippen molar-refractivity contribution in [1.82, 2.24) is 14.7 Å². The summed E-state index contributed by atoms with van der Waals surface area (Å²) in [5, 5.41) is 0. The van der Waals surface area contributed by atoms with E-state index in [1.165, 1.54) is 70.9 Å². The maximum atomic E-state index is 12.7. The minimum atomic E-state index is 0.397. The molecule has 0 aromatic rings. The molecular weight excluding hydrogens is 298 g/mol. The topological polar surface area (TPSA) is 26.8 Å². The van der Waals surface area contributed by atoms with E-state index in [9.17, 15) is 4.79 Å². The van der Waals surface area contributed by atoms with Gasteiger partial charge < -0.3 is 9.80 Å². The smallest absolute Gasteiger partial charge is 0.222 e. The standard InChI is InChI=1S/C20H37N3O/c1-21-13-11-17(12-14-21)22(2)18-9-4-5-10-19(18)23(3)20(24)15-16-7-6-8-16/h16-19H,4-15H2,1-3H3/t18-,19+/m1/s1. The number of hydrogen-bond acceptors (Lipinski definition) is 3. The van der Waals surface area contributed by atoms with Crippen LogP contribution in [0.25, 0.3) is 0 Å². The van der Waals surface area contributed by atoms with E-state index in [1.54, 1.807) is 0 Å². The van der Waals surface area contributed by atoms with Gasteiger partial charge in [0.05, 0.1) is 0 Å². The molecule has 4 nitrogen and oxygen atoms in total. The number of likely N-dealkylation sites (N-methyl/N-ethyl adjacent to an activating group) is 2. The zero-order valence-corrected chi connectivity index (χ0v) is 16.0. The second-order valence-electron chi connectivity index (χ2n) is 8.62. The van der Waals surface area contributed by atoms with E-state index in [0.29, 0.717) is 30.0 Å². The van der Waals surface area contributed by atoms with Crippen LogP contribution in [0.15, 0.2) is 0 Å². The van der Waals surface area contributed by atoms with Gasteiger partial charge in [-0.25, -0.2) is 0 Å². The Morgan fingerprint density at radius 1 is 0.917 bits per heavy atom. The molecule has 3 fully saturated rings. The van der Waals surface area contributed by atoms with E-state index in [2.05, 4.69) is 35.8 Å². The van der Waals surface area contributed by atoms with Gasteiger partial charge in [0.2, 0.25) is 5.91 Å². The van der Waals surface area contributed by atoms with Crippen molar-refractivity contribution in [2.24, 2.45) is 5.92 Å². The number of piperidine rings is 1. The molecule has 2 aliphatic carbocycles. The first kappa shape index (κ1) is 18.2. The Balaban J connectivity index is 1.60. The zero-order chi connectivity index (χ0) is 17.1. The molecule has 1 aliphatic heterocycles. The molecule has 2 saturated carbocycles. The number of nitrogens with zero attached hydrogens (tertiary/aromatic N) is 3. The quantitative estimate of drug-likeness (QED) is 0.773. The Labute approximate surface area is 148 Å². The van der Waals surface area contributed by atoms with Crippen molar-refractivity contribution >= 4 is 5.91 Å². The molecule has 0 aromatic carbocycles. The Hall–Kier alpha value is -0.610. The Morgan fingerprint density at radius 3 is 2.12 bits per heavy atom. The molecule has 0 aromatic heterocycles. The molecule has 0 radical (unpaired) electrons. The van der Waals surface area contributed by atoms with Gasteiger partial charge in [-0.1, -0.05) is 19.3 Å². The fourth-order valence-corrected chi connectivity index (χ4v) is 4.96. The van der Waals surface area contributed by atoms with Crippen molar-refractivity contribution in [2.45, 2.75) is 82.3 Å². The third-order valence-corrected chi connectivity index (χ3v) is 7.06. The third kappa shape index (κ3) is 4.13. The molecule has 3 rings (SSSR count). The number of rotatable bonds is 5.